The van der Waals surface area contributed by atoms with Crippen LogP contribution in [0.4, 0.5) is 10.6 Å². The number of carbonyl (C=O) groups excluding carboxylic acids is 1. The zero-order valence-corrected chi connectivity index (χ0v) is 10.4. The molecule has 5 nitrogen and oxygen atoms in total. The van der Waals surface area contributed by atoms with E-state index in [9.17, 15) is 15.2 Å². The minimum Gasteiger partial charge on any atom is -0.530 e. The fourth-order valence-electron chi connectivity index (χ4n) is 1.96. The lowest BCUT2D eigenvalue weighted by molar-refractivity contribution is -0.246. The Balaban J connectivity index is 2.54. The molecule has 0 saturated heterocycles. The van der Waals surface area contributed by atoms with Crippen LogP contribution in [0.1, 0.15) is 12.5 Å². The molecule has 0 bridgehead atoms. The fraction of sp³-hybridized carbons (Fsp3) is 0.143. The minimum atomic E-state index is -1.33. The monoisotopic (exact) mass is 254 g/mol. The smallest absolute Gasteiger partial charge is 0.142 e. The number of rotatable bonds is 3. The van der Waals surface area contributed by atoms with Gasteiger partial charge in [-0.15, -0.1) is 0 Å². The molecule has 1 N–H and O–H groups in total. The number of carboxylic acid groups (broad SMARTS) is 1. The second-order valence-corrected chi connectivity index (χ2v) is 3.91. The fourth-order valence-corrected chi connectivity index (χ4v) is 1.96. The Morgan fingerprint density at radius 3 is 2.63 bits per heavy atom. The SMILES string of the molecule is CCN(C(=O)[O-])c1[nH]cc(-c2ccccc2)c1C#N. The highest BCUT2D eigenvalue weighted by molar-refractivity contribution is 5.88. The Morgan fingerprint density at radius 1 is 1.42 bits per heavy atom. The number of hydrogen-bond acceptors (Lipinski definition) is 3. The Kier molecular flexibility index (Phi) is 3.53. The molecule has 0 saturated carbocycles. The summed E-state index contributed by atoms with van der Waals surface area (Å²) in [5.74, 6) is 0.254. The molecule has 0 spiro atoms. The van der Waals surface area contributed by atoms with E-state index in [4.69, 9.17) is 0 Å². The van der Waals surface area contributed by atoms with Crippen molar-refractivity contribution in [3.8, 4) is 17.2 Å². The van der Waals surface area contributed by atoms with Crippen molar-refractivity contribution in [1.29, 1.82) is 5.26 Å². The molecule has 2 aromatic rings. The number of nitrogens with one attached hydrogen (secondary N) is 1. The Bertz CT molecular complexity index is 626. The highest BCUT2D eigenvalue weighted by Gasteiger charge is 2.17. The minimum absolute atomic E-state index is 0.214. The number of anilines is 1. The quantitative estimate of drug-likeness (QED) is 0.905. The van der Waals surface area contributed by atoms with E-state index in [1.165, 1.54) is 0 Å². The van der Waals surface area contributed by atoms with Crippen LogP contribution in [0.3, 0.4) is 0 Å². The van der Waals surface area contributed by atoms with Crippen LogP contribution in [0.5, 0.6) is 0 Å². The molecule has 0 aliphatic heterocycles. The number of aromatic amines is 1. The molecule has 19 heavy (non-hydrogen) atoms. The summed E-state index contributed by atoms with van der Waals surface area (Å²) in [6.07, 6.45) is 0.301. The van der Waals surface area contributed by atoms with Crippen molar-refractivity contribution in [2.45, 2.75) is 6.92 Å². The Morgan fingerprint density at radius 2 is 2.11 bits per heavy atom. The number of nitrogens with zero attached hydrogens (tertiary/aromatic N) is 2. The third-order valence-corrected chi connectivity index (χ3v) is 2.86. The summed E-state index contributed by atoms with van der Waals surface area (Å²) >= 11 is 0. The van der Waals surface area contributed by atoms with Gasteiger partial charge in [-0.1, -0.05) is 30.3 Å². The molecule has 5 heteroatoms. The molecule has 0 aliphatic rings. The number of amides is 1. The van der Waals surface area contributed by atoms with E-state index in [-0.39, 0.29) is 12.4 Å². The molecule has 1 aromatic heterocycles. The zero-order valence-electron chi connectivity index (χ0n) is 10.4. The molecular weight excluding hydrogens is 242 g/mol. The average molecular weight is 254 g/mol. The van der Waals surface area contributed by atoms with Gasteiger partial charge in [0.1, 0.15) is 23.5 Å². The van der Waals surface area contributed by atoms with Gasteiger partial charge in [0.2, 0.25) is 0 Å². The lowest BCUT2D eigenvalue weighted by Gasteiger charge is -2.22. The maximum Gasteiger partial charge on any atom is 0.142 e. The highest BCUT2D eigenvalue weighted by Crippen LogP contribution is 2.30. The molecule has 96 valence electrons. The first kappa shape index (κ1) is 12.7. The summed E-state index contributed by atoms with van der Waals surface area (Å²) in [4.78, 5) is 14.9. The summed E-state index contributed by atoms with van der Waals surface area (Å²) in [7, 11) is 0. The number of H-pyrrole nitrogens is 1. The molecule has 1 aromatic carbocycles. The van der Waals surface area contributed by atoms with Gasteiger partial charge in [0.05, 0.1) is 0 Å². The topological polar surface area (TPSA) is 83.0 Å². The summed E-state index contributed by atoms with van der Waals surface area (Å²) in [5, 5.41) is 20.3. The van der Waals surface area contributed by atoms with Crippen molar-refractivity contribution in [2.75, 3.05) is 11.4 Å². The van der Waals surface area contributed by atoms with E-state index < -0.39 is 6.09 Å². The van der Waals surface area contributed by atoms with E-state index in [0.717, 1.165) is 10.5 Å². The van der Waals surface area contributed by atoms with E-state index in [1.54, 1.807) is 13.1 Å². The van der Waals surface area contributed by atoms with Gasteiger partial charge in [-0.05, 0) is 12.5 Å². The Hall–Kier alpha value is -2.74. The lowest BCUT2D eigenvalue weighted by Crippen LogP contribution is -2.41. The molecule has 1 heterocycles. The molecule has 0 aliphatic carbocycles. The number of carbonyl (C=O) groups is 1. The van der Waals surface area contributed by atoms with Crippen molar-refractivity contribution in [1.82, 2.24) is 4.98 Å². The van der Waals surface area contributed by atoms with Crippen LogP contribution < -0.4 is 10.0 Å². The predicted molar refractivity (Wildman–Crippen MR) is 69.4 cm³/mol. The van der Waals surface area contributed by atoms with Crippen molar-refractivity contribution in [3.05, 3.63) is 42.1 Å². The third kappa shape index (κ3) is 2.29. The second kappa shape index (κ2) is 5.27. The van der Waals surface area contributed by atoms with Gasteiger partial charge in [-0.25, -0.2) is 0 Å². The predicted octanol–water partition coefficient (Wildman–Crippen LogP) is 1.72. The summed E-state index contributed by atoms with van der Waals surface area (Å²) < 4.78 is 0. The summed E-state index contributed by atoms with van der Waals surface area (Å²) in [6, 6.07) is 11.4. The Labute approximate surface area is 110 Å². The number of aromatic nitrogens is 1. The molecule has 0 unspecified atom stereocenters. The molecule has 0 radical (unpaired) electrons. The first-order chi connectivity index (χ1) is 9.19. The van der Waals surface area contributed by atoms with E-state index in [0.29, 0.717) is 11.1 Å². The van der Waals surface area contributed by atoms with Crippen LogP contribution in [-0.4, -0.2) is 17.6 Å². The highest BCUT2D eigenvalue weighted by atomic mass is 16.4. The first-order valence-corrected chi connectivity index (χ1v) is 5.84. The van der Waals surface area contributed by atoms with Crippen LogP contribution in [0, 0.1) is 11.3 Å². The standard InChI is InChI=1S/C14H13N3O2/c1-2-17(14(18)19)13-11(8-15)12(9-16-13)10-6-4-3-5-7-10/h3-7,9,16H,2H2,1H3,(H,18,19)/p-1. The van der Waals surface area contributed by atoms with Crippen molar-refractivity contribution >= 4 is 11.9 Å². The molecule has 1 amide bonds. The van der Waals surface area contributed by atoms with Gasteiger partial charge in [-0.3, -0.25) is 0 Å². The molecule has 0 atom stereocenters. The van der Waals surface area contributed by atoms with Crippen LogP contribution in [0.15, 0.2) is 36.5 Å². The van der Waals surface area contributed by atoms with Gasteiger partial charge < -0.3 is 19.8 Å². The molecular formula is C14H12N3O2-. The number of nitriles is 1. The van der Waals surface area contributed by atoms with Crippen LogP contribution in [0.25, 0.3) is 11.1 Å². The van der Waals surface area contributed by atoms with Gasteiger partial charge >= 0.3 is 0 Å². The first-order valence-electron chi connectivity index (χ1n) is 5.84. The van der Waals surface area contributed by atoms with Crippen LogP contribution >= 0.6 is 0 Å². The van der Waals surface area contributed by atoms with Crippen LogP contribution in [-0.2, 0) is 0 Å². The number of hydrogen-bond donors (Lipinski definition) is 1. The van der Waals surface area contributed by atoms with Crippen molar-refractivity contribution < 1.29 is 9.90 Å². The van der Waals surface area contributed by atoms with Gasteiger partial charge in [-0.2, -0.15) is 5.26 Å². The summed E-state index contributed by atoms with van der Waals surface area (Å²) in [5.41, 5.74) is 1.84. The van der Waals surface area contributed by atoms with Gasteiger partial charge in [0.15, 0.2) is 0 Å². The molecule has 0 fully saturated rings. The van der Waals surface area contributed by atoms with Crippen molar-refractivity contribution in [2.24, 2.45) is 0 Å². The molecule has 2 rings (SSSR count). The average Bonchev–Trinajstić information content (AvgIpc) is 2.84. The van der Waals surface area contributed by atoms with E-state index in [2.05, 4.69) is 4.98 Å². The van der Waals surface area contributed by atoms with E-state index >= 15 is 0 Å². The lowest BCUT2D eigenvalue weighted by atomic mass is 10.0. The normalized spacial score (nSPS) is 9.89. The summed E-state index contributed by atoms with van der Waals surface area (Å²) in [6.45, 7) is 1.89. The van der Waals surface area contributed by atoms with Crippen molar-refractivity contribution in [3.63, 3.8) is 0 Å². The van der Waals surface area contributed by atoms with Gasteiger partial charge in [0, 0.05) is 18.3 Å². The van der Waals surface area contributed by atoms with Gasteiger partial charge in [0.25, 0.3) is 0 Å². The third-order valence-electron chi connectivity index (χ3n) is 2.86. The maximum absolute atomic E-state index is 11.0. The maximum atomic E-state index is 11.0. The van der Waals surface area contributed by atoms with E-state index in [1.807, 2.05) is 36.4 Å². The zero-order chi connectivity index (χ0) is 13.8. The second-order valence-electron chi connectivity index (χ2n) is 3.91. The largest absolute Gasteiger partial charge is 0.530 e. The number of benzene rings is 1. The van der Waals surface area contributed by atoms with Crippen LogP contribution in [0.2, 0.25) is 0 Å².